The van der Waals surface area contributed by atoms with Crippen molar-refractivity contribution in [3.63, 3.8) is 0 Å². The molecule has 0 unspecified atom stereocenters. The summed E-state index contributed by atoms with van der Waals surface area (Å²) in [4.78, 5) is 22.3. The van der Waals surface area contributed by atoms with E-state index in [1.54, 1.807) is 6.07 Å². The Morgan fingerprint density at radius 3 is 2.76 bits per heavy atom. The molecule has 4 rings (SSSR count). The average molecular weight is 335 g/mol. The molecule has 0 radical (unpaired) electrons. The molecule has 0 saturated carbocycles. The molecular formula is C20H21N3O2. The Labute approximate surface area is 146 Å². The van der Waals surface area contributed by atoms with E-state index in [0.29, 0.717) is 17.8 Å². The van der Waals surface area contributed by atoms with Gasteiger partial charge in [0.25, 0.3) is 5.56 Å². The smallest absolute Gasteiger partial charge is 0.258 e. The fourth-order valence-corrected chi connectivity index (χ4v) is 3.37. The Kier molecular flexibility index (Phi) is 4.34. The summed E-state index contributed by atoms with van der Waals surface area (Å²) in [5.74, 6) is 0.706. The van der Waals surface area contributed by atoms with Crippen LogP contribution < -0.4 is 5.56 Å². The zero-order chi connectivity index (χ0) is 17.2. The molecule has 1 aliphatic heterocycles. The van der Waals surface area contributed by atoms with Crippen LogP contribution in [0.25, 0.3) is 10.9 Å². The fraction of sp³-hybridized carbons (Fsp3) is 0.300. The number of morpholine rings is 1. The number of ether oxygens (including phenoxy) is 1. The summed E-state index contributed by atoms with van der Waals surface area (Å²) in [5, 5.41) is 0.627. The third-order valence-electron chi connectivity index (χ3n) is 4.84. The summed E-state index contributed by atoms with van der Waals surface area (Å²) in [6.07, 6.45) is 0.0459. The van der Waals surface area contributed by atoms with Crippen molar-refractivity contribution in [3.05, 3.63) is 76.3 Å². The Morgan fingerprint density at radius 2 is 1.92 bits per heavy atom. The van der Waals surface area contributed by atoms with Crippen LogP contribution >= 0.6 is 0 Å². The first-order valence-corrected chi connectivity index (χ1v) is 8.62. The molecular weight excluding hydrogens is 314 g/mol. The van der Waals surface area contributed by atoms with Crippen molar-refractivity contribution in [3.8, 4) is 0 Å². The maximum atomic E-state index is 12.3. The zero-order valence-electron chi connectivity index (χ0n) is 14.2. The highest BCUT2D eigenvalue weighted by molar-refractivity contribution is 5.77. The second-order valence-corrected chi connectivity index (χ2v) is 6.41. The molecule has 25 heavy (non-hydrogen) atoms. The highest BCUT2D eigenvalue weighted by Gasteiger charge is 2.27. The normalized spacial score (nSPS) is 19.8. The van der Waals surface area contributed by atoms with Crippen molar-refractivity contribution in [2.45, 2.75) is 19.1 Å². The average Bonchev–Trinajstić information content (AvgIpc) is 2.68. The number of aromatic nitrogens is 2. The van der Waals surface area contributed by atoms with E-state index in [0.717, 1.165) is 18.6 Å². The van der Waals surface area contributed by atoms with Crippen molar-refractivity contribution in [1.29, 1.82) is 0 Å². The Bertz CT molecular complexity index is 923. The molecule has 0 amide bonds. The lowest BCUT2D eigenvalue weighted by Gasteiger charge is -2.36. The Hall–Kier alpha value is -2.50. The lowest BCUT2D eigenvalue weighted by molar-refractivity contribution is -0.0442. The van der Waals surface area contributed by atoms with Gasteiger partial charge in [-0.1, -0.05) is 42.5 Å². The van der Waals surface area contributed by atoms with E-state index in [9.17, 15) is 4.79 Å². The molecule has 0 spiro atoms. The molecule has 128 valence electrons. The van der Waals surface area contributed by atoms with Crippen LogP contribution in [0.4, 0.5) is 0 Å². The molecule has 1 aliphatic rings. The first kappa shape index (κ1) is 16.0. The van der Waals surface area contributed by atoms with Crippen molar-refractivity contribution >= 4 is 10.9 Å². The van der Waals surface area contributed by atoms with Crippen LogP contribution in [-0.2, 0) is 4.74 Å². The van der Waals surface area contributed by atoms with Gasteiger partial charge in [0.05, 0.1) is 29.7 Å². The number of benzene rings is 2. The van der Waals surface area contributed by atoms with Gasteiger partial charge >= 0.3 is 0 Å². The van der Waals surface area contributed by atoms with Gasteiger partial charge < -0.3 is 9.72 Å². The van der Waals surface area contributed by atoms with E-state index < -0.39 is 0 Å². The molecule has 1 N–H and O–H groups in total. The number of hydrogen-bond donors (Lipinski definition) is 1. The minimum Gasteiger partial charge on any atom is -0.371 e. The monoisotopic (exact) mass is 335 g/mol. The van der Waals surface area contributed by atoms with Crippen LogP contribution in [0.3, 0.4) is 0 Å². The summed E-state index contributed by atoms with van der Waals surface area (Å²) in [6.45, 7) is 4.35. The van der Waals surface area contributed by atoms with Crippen LogP contribution in [0.15, 0.2) is 59.4 Å². The van der Waals surface area contributed by atoms with E-state index in [1.807, 2.05) is 36.4 Å². The summed E-state index contributed by atoms with van der Waals surface area (Å²) in [6, 6.07) is 17.7. The summed E-state index contributed by atoms with van der Waals surface area (Å²) < 4.78 is 5.94. The second kappa shape index (κ2) is 6.78. The first-order chi connectivity index (χ1) is 12.2. The molecule has 5 heteroatoms. The second-order valence-electron chi connectivity index (χ2n) is 6.41. The van der Waals surface area contributed by atoms with Crippen LogP contribution in [-0.4, -0.2) is 34.6 Å². The molecule has 5 nitrogen and oxygen atoms in total. The van der Waals surface area contributed by atoms with Crippen LogP contribution in [0.5, 0.6) is 0 Å². The molecule has 2 atom stereocenters. The Balaban J connectivity index is 1.60. The number of H-pyrrole nitrogens is 1. The lowest BCUT2D eigenvalue weighted by Crippen LogP contribution is -2.40. The van der Waals surface area contributed by atoms with Crippen molar-refractivity contribution in [1.82, 2.24) is 14.9 Å². The number of hydrogen-bond acceptors (Lipinski definition) is 4. The minimum absolute atomic E-state index is 0.0208. The fourth-order valence-electron chi connectivity index (χ4n) is 3.37. The molecule has 3 aromatic rings. The molecule has 1 aromatic heterocycles. The van der Waals surface area contributed by atoms with Crippen molar-refractivity contribution in [2.75, 3.05) is 19.7 Å². The van der Waals surface area contributed by atoms with Gasteiger partial charge in [-0.3, -0.25) is 9.69 Å². The molecule has 0 bridgehead atoms. The number of aromatic amines is 1. The maximum Gasteiger partial charge on any atom is 0.258 e. The SMILES string of the molecule is C[C@H](c1nc2ccccc2c(=O)[nH]1)N1CCO[C@H](c2ccccc2)C1. The highest BCUT2D eigenvalue weighted by atomic mass is 16.5. The van der Waals surface area contributed by atoms with E-state index in [2.05, 4.69) is 33.9 Å². The van der Waals surface area contributed by atoms with Gasteiger partial charge in [-0.05, 0) is 24.6 Å². The molecule has 2 heterocycles. The third-order valence-corrected chi connectivity index (χ3v) is 4.84. The predicted octanol–water partition coefficient (Wildman–Crippen LogP) is 3.06. The van der Waals surface area contributed by atoms with Crippen LogP contribution in [0, 0.1) is 0 Å². The van der Waals surface area contributed by atoms with Gasteiger partial charge in [-0.15, -0.1) is 0 Å². The number of nitrogens with zero attached hydrogens (tertiary/aromatic N) is 2. The van der Waals surface area contributed by atoms with E-state index in [-0.39, 0.29) is 17.7 Å². The number of fused-ring (bicyclic) bond motifs is 1. The van der Waals surface area contributed by atoms with Crippen LogP contribution in [0.2, 0.25) is 0 Å². The van der Waals surface area contributed by atoms with Crippen LogP contribution in [0.1, 0.15) is 30.5 Å². The third kappa shape index (κ3) is 3.21. The molecule has 0 aliphatic carbocycles. The lowest BCUT2D eigenvalue weighted by atomic mass is 10.1. The number of rotatable bonds is 3. The number of para-hydroxylation sites is 1. The molecule has 1 fully saturated rings. The summed E-state index contributed by atoms with van der Waals surface area (Å²) >= 11 is 0. The van der Waals surface area contributed by atoms with Gasteiger partial charge in [-0.25, -0.2) is 4.98 Å². The van der Waals surface area contributed by atoms with E-state index >= 15 is 0 Å². The summed E-state index contributed by atoms with van der Waals surface area (Å²) in [7, 11) is 0. The molecule has 1 saturated heterocycles. The highest BCUT2D eigenvalue weighted by Crippen LogP contribution is 2.27. The van der Waals surface area contributed by atoms with Gasteiger partial charge in [0, 0.05) is 13.1 Å². The largest absolute Gasteiger partial charge is 0.371 e. The first-order valence-electron chi connectivity index (χ1n) is 8.62. The quantitative estimate of drug-likeness (QED) is 0.799. The maximum absolute atomic E-state index is 12.3. The van der Waals surface area contributed by atoms with Gasteiger partial charge in [0.2, 0.25) is 0 Å². The molecule has 2 aromatic carbocycles. The van der Waals surface area contributed by atoms with E-state index in [4.69, 9.17) is 4.74 Å². The van der Waals surface area contributed by atoms with Gasteiger partial charge in [0.1, 0.15) is 5.82 Å². The zero-order valence-corrected chi connectivity index (χ0v) is 14.2. The topological polar surface area (TPSA) is 58.2 Å². The van der Waals surface area contributed by atoms with Gasteiger partial charge in [0.15, 0.2) is 0 Å². The van der Waals surface area contributed by atoms with Gasteiger partial charge in [-0.2, -0.15) is 0 Å². The minimum atomic E-state index is -0.0830. The summed E-state index contributed by atoms with van der Waals surface area (Å²) in [5.41, 5.74) is 1.83. The van der Waals surface area contributed by atoms with Crippen molar-refractivity contribution in [2.24, 2.45) is 0 Å². The Morgan fingerprint density at radius 1 is 1.16 bits per heavy atom. The predicted molar refractivity (Wildman–Crippen MR) is 97.5 cm³/mol. The number of nitrogens with one attached hydrogen (secondary N) is 1. The van der Waals surface area contributed by atoms with Crippen molar-refractivity contribution < 1.29 is 4.74 Å². The standard InChI is InChI=1S/C20H21N3O2/c1-14(19-21-17-10-6-5-9-16(17)20(24)22-19)23-11-12-25-18(13-23)15-7-3-2-4-8-15/h2-10,14,18H,11-13H2,1H3,(H,21,22,24)/t14-,18+/m1/s1. The van der Waals surface area contributed by atoms with E-state index in [1.165, 1.54) is 5.56 Å².